The lowest BCUT2D eigenvalue weighted by atomic mass is 9.94. The highest BCUT2D eigenvalue weighted by Crippen LogP contribution is 2.45. The van der Waals surface area contributed by atoms with Crippen LogP contribution in [0.25, 0.3) is 0 Å². The smallest absolute Gasteiger partial charge is 0.0391 e. The molecular weight excluding hydrogens is 214 g/mol. The van der Waals surface area contributed by atoms with Gasteiger partial charge in [0.05, 0.1) is 0 Å². The number of rotatable bonds is 3. The van der Waals surface area contributed by atoms with E-state index in [1.165, 1.54) is 36.1 Å². The third kappa shape index (κ3) is 1.82. The summed E-state index contributed by atoms with van der Waals surface area (Å²) in [6.07, 6.45) is 5.89. The van der Waals surface area contributed by atoms with Crippen LogP contribution in [0, 0.1) is 18.8 Å². The molecule has 1 nitrogen and oxygen atoms in total. The predicted octanol–water partition coefficient (Wildman–Crippen LogP) is 3.90. The number of aryl methyl sites for hydroxylation is 1. The number of hydrogen-bond donors (Lipinski definition) is 1. The minimum Gasteiger partial charge on any atom is -0.306 e. The summed E-state index contributed by atoms with van der Waals surface area (Å²) in [6, 6.07) is 3.58. The standard InChI is InChI=1S/C14H21NS/c1-9-5-6-16-14(9)10(2)15-13-8-11-3-4-12(13)7-11/h5-6,10-13,15H,3-4,7-8H2,1-2H3. The van der Waals surface area contributed by atoms with Crippen molar-refractivity contribution in [3.8, 4) is 0 Å². The van der Waals surface area contributed by atoms with Crippen LogP contribution in [-0.4, -0.2) is 6.04 Å². The second-order valence-electron chi connectivity index (χ2n) is 5.64. The fraction of sp³-hybridized carbons (Fsp3) is 0.714. The molecule has 3 rings (SSSR count). The molecule has 1 aromatic rings. The average molecular weight is 235 g/mol. The van der Waals surface area contributed by atoms with E-state index < -0.39 is 0 Å². The quantitative estimate of drug-likeness (QED) is 0.838. The van der Waals surface area contributed by atoms with Gasteiger partial charge in [-0.2, -0.15) is 0 Å². The van der Waals surface area contributed by atoms with Gasteiger partial charge in [-0.25, -0.2) is 0 Å². The Morgan fingerprint density at radius 1 is 1.38 bits per heavy atom. The van der Waals surface area contributed by atoms with Gasteiger partial charge in [0, 0.05) is 17.0 Å². The molecule has 0 aromatic carbocycles. The van der Waals surface area contributed by atoms with Crippen molar-refractivity contribution < 1.29 is 0 Å². The summed E-state index contributed by atoms with van der Waals surface area (Å²) in [5, 5.41) is 6.08. The Balaban J connectivity index is 1.65. The van der Waals surface area contributed by atoms with E-state index in [1.807, 2.05) is 11.3 Å². The normalized spacial score (nSPS) is 34.5. The van der Waals surface area contributed by atoms with Gasteiger partial charge in [-0.3, -0.25) is 0 Å². The molecule has 1 heterocycles. The van der Waals surface area contributed by atoms with Crippen LogP contribution in [0.3, 0.4) is 0 Å². The fourth-order valence-corrected chi connectivity index (χ4v) is 4.62. The zero-order valence-corrected chi connectivity index (χ0v) is 11.0. The molecule has 2 saturated carbocycles. The molecule has 2 bridgehead atoms. The third-order valence-corrected chi connectivity index (χ3v) is 5.70. The largest absolute Gasteiger partial charge is 0.306 e. The van der Waals surface area contributed by atoms with Gasteiger partial charge in [0.1, 0.15) is 0 Å². The van der Waals surface area contributed by atoms with Crippen LogP contribution in [0.5, 0.6) is 0 Å². The van der Waals surface area contributed by atoms with Crippen LogP contribution in [0.1, 0.15) is 49.1 Å². The van der Waals surface area contributed by atoms with Crippen LogP contribution in [0.2, 0.25) is 0 Å². The highest BCUT2D eigenvalue weighted by molar-refractivity contribution is 7.10. The van der Waals surface area contributed by atoms with Crippen molar-refractivity contribution in [1.29, 1.82) is 0 Å². The van der Waals surface area contributed by atoms with Crippen LogP contribution < -0.4 is 5.32 Å². The summed E-state index contributed by atoms with van der Waals surface area (Å²) < 4.78 is 0. The topological polar surface area (TPSA) is 12.0 Å². The molecular formula is C14H21NS. The summed E-state index contributed by atoms with van der Waals surface area (Å²) in [6.45, 7) is 4.55. The molecule has 4 atom stereocenters. The first-order valence-corrected chi connectivity index (χ1v) is 7.42. The molecule has 0 amide bonds. The molecule has 2 aliphatic carbocycles. The zero-order chi connectivity index (χ0) is 11.1. The monoisotopic (exact) mass is 235 g/mol. The SMILES string of the molecule is Cc1ccsc1C(C)NC1CC2CCC1C2. The average Bonchev–Trinajstić information content (AvgIpc) is 2.92. The Morgan fingerprint density at radius 2 is 2.25 bits per heavy atom. The summed E-state index contributed by atoms with van der Waals surface area (Å²) in [7, 11) is 0. The summed E-state index contributed by atoms with van der Waals surface area (Å²) in [5.74, 6) is 2.02. The number of thiophene rings is 1. The molecule has 2 aliphatic rings. The Hall–Kier alpha value is -0.340. The summed E-state index contributed by atoms with van der Waals surface area (Å²) in [5.41, 5.74) is 1.45. The number of hydrogen-bond acceptors (Lipinski definition) is 2. The van der Waals surface area contributed by atoms with E-state index in [2.05, 4.69) is 30.6 Å². The molecule has 16 heavy (non-hydrogen) atoms. The molecule has 2 fully saturated rings. The van der Waals surface area contributed by atoms with Crippen molar-refractivity contribution in [2.75, 3.05) is 0 Å². The zero-order valence-electron chi connectivity index (χ0n) is 10.2. The van der Waals surface area contributed by atoms with Crippen molar-refractivity contribution in [2.45, 2.75) is 51.6 Å². The highest BCUT2D eigenvalue weighted by atomic mass is 32.1. The number of nitrogens with one attached hydrogen (secondary N) is 1. The van der Waals surface area contributed by atoms with E-state index in [0.717, 1.165) is 17.9 Å². The fourth-order valence-electron chi connectivity index (χ4n) is 3.67. The highest BCUT2D eigenvalue weighted by Gasteiger charge is 2.39. The first-order valence-electron chi connectivity index (χ1n) is 6.54. The van der Waals surface area contributed by atoms with Gasteiger partial charge >= 0.3 is 0 Å². The molecule has 2 heteroatoms. The Morgan fingerprint density at radius 3 is 2.81 bits per heavy atom. The molecule has 0 aliphatic heterocycles. The van der Waals surface area contributed by atoms with Crippen LogP contribution >= 0.6 is 11.3 Å². The lowest BCUT2D eigenvalue weighted by molar-refractivity contribution is 0.328. The molecule has 0 saturated heterocycles. The van der Waals surface area contributed by atoms with Crippen molar-refractivity contribution in [3.05, 3.63) is 21.9 Å². The van der Waals surface area contributed by atoms with Crippen molar-refractivity contribution >= 4 is 11.3 Å². The molecule has 88 valence electrons. The lowest BCUT2D eigenvalue weighted by Crippen LogP contribution is -2.35. The van der Waals surface area contributed by atoms with Gasteiger partial charge in [0.25, 0.3) is 0 Å². The number of fused-ring (bicyclic) bond motifs is 2. The predicted molar refractivity (Wildman–Crippen MR) is 69.8 cm³/mol. The van der Waals surface area contributed by atoms with Crippen LogP contribution in [0.4, 0.5) is 0 Å². The van der Waals surface area contributed by atoms with Gasteiger partial charge in [-0.15, -0.1) is 11.3 Å². The van der Waals surface area contributed by atoms with E-state index in [4.69, 9.17) is 0 Å². The van der Waals surface area contributed by atoms with Crippen molar-refractivity contribution in [2.24, 2.45) is 11.8 Å². The third-order valence-electron chi connectivity index (χ3n) is 4.50. The second kappa shape index (κ2) is 4.15. The summed E-state index contributed by atoms with van der Waals surface area (Å²) >= 11 is 1.90. The van der Waals surface area contributed by atoms with Crippen molar-refractivity contribution in [3.63, 3.8) is 0 Å². The van der Waals surface area contributed by atoms with E-state index in [-0.39, 0.29) is 0 Å². The maximum atomic E-state index is 3.86. The minimum absolute atomic E-state index is 0.546. The van der Waals surface area contributed by atoms with Crippen LogP contribution in [-0.2, 0) is 0 Å². The maximum Gasteiger partial charge on any atom is 0.0391 e. The van der Waals surface area contributed by atoms with Gasteiger partial charge < -0.3 is 5.32 Å². The first kappa shape index (κ1) is 10.8. The lowest BCUT2D eigenvalue weighted by Gasteiger charge is -2.26. The Labute approximate surface area is 102 Å². The molecule has 0 spiro atoms. The molecule has 0 radical (unpaired) electrons. The van der Waals surface area contributed by atoms with E-state index in [0.29, 0.717) is 6.04 Å². The molecule has 4 unspecified atom stereocenters. The van der Waals surface area contributed by atoms with E-state index in [1.54, 1.807) is 0 Å². The van der Waals surface area contributed by atoms with Gasteiger partial charge in [0.2, 0.25) is 0 Å². The van der Waals surface area contributed by atoms with E-state index in [9.17, 15) is 0 Å². The van der Waals surface area contributed by atoms with Gasteiger partial charge in [0.15, 0.2) is 0 Å². The second-order valence-corrected chi connectivity index (χ2v) is 6.59. The van der Waals surface area contributed by atoms with Crippen molar-refractivity contribution in [1.82, 2.24) is 5.32 Å². The van der Waals surface area contributed by atoms with Gasteiger partial charge in [-0.1, -0.05) is 6.42 Å². The maximum absolute atomic E-state index is 3.86. The molecule has 1 N–H and O–H groups in total. The Bertz CT molecular complexity index is 371. The molecule has 1 aromatic heterocycles. The minimum atomic E-state index is 0.546. The Kier molecular flexibility index (Phi) is 2.80. The van der Waals surface area contributed by atoms with E-state index >= 15 is 0 Å². The first-order chi connectivity index (χ1) is 7.74. The van der Waals surface area contributed by atoms with Gasteiger partial charge in [-0.05, 0) is 62.0 Å². The summed E-state index contributed by atoms with van der Waals surface area (Å²) in [4.78, 5) is 1.53. The van der Waals surface area contributed by atoms with Crippen LogP contribution in [0.15, 0.2) is 11.4 Å².